The molecule has 1 aliphatic heterocycles. The molecule has 1 N–H and O–H groups in total. The van der Waals surface area contributed by atoms with Gasteiger partial charge in [-0.2, -0.15) is 18.3 Å². The summed E-state index contributed by atoms with van der Waals surface area (Å²) in [5, 5.41) is 6.35. The van der Waals surface area contributed by atoms with Crippen LogP contribution in [-0.2, 0) is 11.8 Å². The summed E-state index contributed by atoms with van der Waals surface area (Å²) < 4.78 is 37.7. The Morgan fingerprint density at radius 2 is 2.29 bits per heavy atom. The van der Waals surface area contributed by atoms with Crippen LogP contribution in [0.1, 0.15) is 30.9 Å². The second-order valence-corrected chi connectivity index (χ2v) is 5.23. The van der Waals surface area contributed by atoms with Crippen LogP contribution in [0.25, 0.3) is 0 Å². The Kier molecular flexibility index (Phi) is 4.87. The van der Waals surface area contributed by atoms with E-state index >= 15 is 0 Å². The fraction of sp³-hybridized carbons (Fsp3) is 0.692. The zero-order valence-electron chi connectivity index (χ0n) is 11.9. The van der Waals surface area contributed by atoms with Crippen LogP contribution in [0.15, 0.2) is 12.4 Å². The van der Waals surface area contributed by atoms with Crippen LogP contribution in [0.3, 0.4) is 0 Å². The molecule has 21 heavy (non-hydrogen) atoms. The Morgan fingerprint density at radius 1 is 1.52 bits per heavy atom. The summed E-state index contributed by atoms with van der Waals surface area (Å²) in [6.45, 7) is -0.376. The first-order valence-electron chi connectivity index (χ1n) is 6.92. The first-order chi connectivity index (χ1) is 9.87. The van der Waals surface area contributed by atoms with Gasteiger partial charge in [0, 0.05) is 38.3 Å². The van der Waals surface area contributed by atoms with Gasteiger partial charge in [0.25, 0.3) is 0 Å². The summed E-state index contributed by atoms with van der Waals surface area (Å²) >= 11 is 0. The number of nitrogens with zero attached hydrogens (tertiary/aromatic N) is 3. The minimum absolute atomic E-state index is 0.00573. The molecule has 1 atom stereocenters. The molecule has 0 aliphatic carbocycles. The average Bonchev–Trinajstić information content (AvgIpc) is 3.01. The minimum atomic E-state index is -4.24. The molecule has 2 heterocycles. The molecule has 118 valence electrons. The van der Waals surface area contributed by atoms with Crippen molar-refractivity contribution in [1.29, 1.82) is 0 Å². The minimum Gasteiger partial charge on any atom is -0.335 e. The van der Waals surface area contributed by atoms with Gasteiger partial charge in [-0.3, -0.25) is 9.48 Å². The number of carbonyl (C=O) groups is 1. The van der Waals surface area contributed by atoms with Gasteiger partial charge in [0.05, 0.1) is 18.8 Å². The SMILES string of the molecule is Cn1cc([C@@H]2CCCN2C(=O)CCNCC(F)(F)F)cn1. The molecule has 1 fully saturated rings. The molecule has 0 saturated carbocycles. The van der Waals surface area contributed by atoms with E-state index in [4.69, 9.17) is 0 Å². The largest absolute Gasteiger partial charge is 0.401 e. The third kappa shape index (κ3) is 4.45. The highest BCUT2D eigenvalue weighted by molar-refractivity contribution is 5.77. The van der Waals surface area contributed by atoms with E-state index in [-0.39, 0.29) is 24.9 Å². The lowest BCUT2D eigenvalue weighted by molar-refractivity contribution is -0.133. The highest BCUT2D eigenvalue weighted by Gasteiger charge is 2.31. The van der Waals surface area contributed by atoms with Gasteiger partial charge in [-0.25, -0.2) is 0 Å². The average molecular weight is 304 g/mol. The zero-order valence-corrected chi connectivity index (χ0v) is 11.9. The molecule has 5 nitrogen and oxygen atoms in total. The van der Waals surface area contributed by atoms with E-state index in [0.29, 0.717) is 6.54 Å². The summed E-state index contributed by atoms with van der Waals surface area (Å²) in [4.78, 5) is 13.9. The number of hydrogen-bond donors (Lipinski definition) is 1. The van der Waals surface area contributed by atoms with Crippen molar-refractivity contribution in [3.8, 4) is 0 Å². The van der Waals surface area contributed by atoms with Crippen molar-refractivity contribution in [2.75, 3.05) is 19.6 Å². The van der Waals surface area contributed by atoms with Crippen molar-refractivity contribution in [3.05, 3.63) is 18.0 Å². The number of rotatable bonds is 5. The molecule has 8 heteroatoms. The van der Waals surface area contributed by atoms with Crippen LogP contribution in [0, 0.1) is 0 Å². The Balaban J connectivity index is 1.84. The summed E-state index contributed by atoms with van der Waals surface area (Å²) in [6, 6.07) is -0.00573. The molecule has 1 amide bonds. The smallest absolute Gasteiger partial charge is 0.335 e. The topological polar surface area (TPSA) is 50.2 Å². The van der Waals surface area contributed by atoms with Crippen molar-refractivity contribution >= 4 is 5.91 Å². The van der Waals surface area contributed by atoms with Gasteiger partial charge in [-0.15, -0.1) is 0 Å². The number of carbonyl (C=O) groups excluding carboxylic acids is 1. The van der Waals surface area contributed by atoms with Gasteiger partial charge in [0.15, 0.2) is 0 Å². The van der Waals surface area contributed by atoms with Crippen LogP contribution in [0.2, 0.25) is 0 Å². The fourth-order valence-electron chi connectivity index (χ4n) is 2.59. The van der Waals surface area contributed by atoms with Gasteiger partial charge >= 0.3 is 6.18 Å². The molecular weight excluding hydrogens is 285 g/mol. The lowest BCUT2D eigenvalue weighted by Gasteiger charge is -2.24. The van der Waals surface area contributed by atoms with Gasteiger partial charge in [0.1, 0.15) is 0 Å². The van der Waals surface area contributed by atoms with Crippen LogP contribution in [0.5, 0.6) is 0 Å². The Labute approximate surface area is 121 Å². The van der Waals surface area contributed by atoms with E-state index in [9.17, 15) is 18.0 Å². The number of alkyl halides is 3. The zero-order chi connectivity index (χ0) is 15.5. The Bertz CT molecular complexity index is 486. The van der Waals surface area contributed by atoms with Gasteiger partial charge in [-0.05, 0) is 12.8 Å². The molecule has 0 unspecified atom stereocenters. The number of hydrogen-bond acceptors (Lipinski definition) is 3. The van der Waals surface area contributed by atoms with Gasteiger partial charge in [0.2, 0.25) is 5.91 Å². The van der Waals surface area contributed by atoms with Crippen molar-refractivity contribution in [2.45, 2.75) is 31.5 Å². The number of aryl methyl sites for hydroxylation is 1. The van der Waals surface area contributed by atoms with E-state index in [1.807, 2.05) is 13.2 Å². The highest BCUT2D eigenvalue weighted by atomic mass is 19.4. The number of nitrogens with one attached hydrogen (secondary N) is 1. The predicted octanol–water partition coefficient (Wildman–Crippen LogP) is 1.63. The maximum Gasteiger partial charge on any atom is 0.401 e. The van der Waals surface area contributed by atoms with E-state index in [1.54, 1.807) is 15.8 Å². The summed E-state index contributed by atoms with van der Waals surface area (Å²) in [6.07, 6.45) is 1.22. The molecular formula is C13H19F3N4O. The standard InChI is InChI=1S/C13H19F3N4O/c1-19-8-10(7-18-19)11-3-2-6-20(11)12(21)4-5-17-9-13(14,15)16/h7-8,11,17H,2-6,9H2,1H3/t11-/m0/s1. The van der Waals surface area contributed by atoms with Crippen LogP contribution in [-0.4, -0.2) is 46.4 Å². The molecule has 2 rings (SSSR count). The third-order valence-electron chi connectivity index (χ3n) is 3.52. The van der Waals surface area contributed by atoms with E-state index in [1.165, 1.54) is 0 Å². The molecule has 1 aliphatic rings. The van der Waals surface area contributed by atoms with Gasteiger partial charge in [-0.1, -0.05) is 0 Å². The number of likely N-dealkylation sites (tertiary alicyclic amines) is 1. The fourth-order valence-corrected chi connectivity index (χ4v) is 2.59. The summed E-state index contributed by atoms with van der Waals surface area (Å²) in [7, 11) is 1.81. The van der Waals surface area contributed by atoms with Crippen LogP contribution >= 0.6 is 0 Å². The first kappa shape index (κ1) is 15.8. The highest BCUT2D eigenvalue weighted by Crippen LogP contribution is 2.31. The van der Waals surface area contributed by atoms with Crippen molar-refractivity contribution in [1.82, 2.24) is 20.0 Å². The van der Waals surface area contributed by atoms with E-state index in [0.717, 1.165) is 18.4 Å². The maximum absolute atomic E-state index is 12.1. The Morgan fingerprint density at radius 3 is 2.90 bits per heavy atom. The molecule has 1 saturated heterocycles. The molecule has 0 bridgehead atoms. The molecule has 0 radical (unpaired) electrons. The lowest BCUT2D eigenvalue weighted by Crippen LogP contribution is -2.35. The lowest BCUT2D eigenvalue weighted by atomic mass is 10.1. The van der Waals surface area contributed by atoms with Crippen molar-refractivity contribution in [2.24, 2.45) is 7.05 Å². The molecule has 0 spiro atoms. The maximum atomic E-state index is 12.1. The van der Waals surface area contributed by atoms with E-state index in [2.05, 4.69) is 10.4 Å². The number of amides is 1. The molecule has 1 aromatic rings. The second kappa shape index (κ2) is 6.46. The van der Waals surface area contributed by atoms with Crippen molar-refractivity contribution in [3.63, 3.8) is 0 Å². The van der Waals surface area contributed by atoms with Crippen LogP contribution in [0.4, 0.5) is 13.2 Å². The van der Waals surface area contributed by atoms with Crippen LogP contribution < -0.4 is 5.32 Å². The van der Waals surface area contributed by atoms with Gasteiger partial charge < -0.3 is 10.2 Å². The summed E-state index contributed by atoms with van der Waals surface area (Å²) in [5.41, 5.74) is 0.978. The number of halogens is 3. The van der Waals surface area contributed by atoms with E-state index < -0.39 is 12.7 Å². The van der Waals surface area contributed by atoms with Crippen molar-refractivity contribution < 1.29 is 18.0 Å². The first-order valence-corrected chi connectivity index (χ1v) is 6.92. The monoisotopic (exact) mass is 304 g/mol. The normalized spacial score (nSPS) is 19.2. The summed E-state index contributed by atoms with van der Waals surface area (Å²) in [5.74, 6) is -0.115. The third-order valence-corrected chi connectivity index (χ3v) is 3.52. The molecule has 0 aromatic carbocycles. The predicted molar refractivity (Wildman–Crippen MR) is 70.4 cm³/mol. The number of aromatic nitrogens is 2. The Hall–Kier alpha value is -1.57. The quantitative estimate of drug-likeness (QED) is 0.841. The molecule has 1 aromatic heterocycles. The second-order valence-electron chi connectivity index (χ2n) is 5.23.